The molecule has 0 aliphatic carbocycles. The van der Waals surface area contributed by atoms with Crippen LogP contribution in [0.1, 0.15) is 35.5 Å². The molecule has 0 amide bonds. The number of hydrogen-bond acceptors (Lipinski definition) is 8. The highest BCUT2D eigenvalue weighted by Gasteiger charge is 2.33. The fourth-order valence-corrected chi connectivity index (χ4v) is 5.66. The molecule has 1 saturated heterocycles. The summed E-state index contributed by atoms with van der Waals surface area (Å²) in [6.45, 7) is 5.37. The average molecular weight is 565 g/mol. The molecule has 11 nitrogen and oxygen atoms in total. The topological polar surface area (TPSA) is 126 Å². The summed E-state index contributed by atoms with van der Waals surface area (Å²) >= 11 is 0. The smallest absolute Gasteiger partial charge is 0.269 e. The van der Waals surface area contributed by atoms with Crippen LogP contribution in [0.25, 0.3) is 10.9 Å². The third kappa shape index (κ3) is 5.64. The van der Waals surface area contributed by atoms with E-state index in [4.69, 9.17) is 0 Å². The summed E-state index contributed by atoms with van der Waals surface area (Å²) in [5.41, 5.74) is 4.62. The van der Waals surface area contributed by atoms with Crippen LogP contribution in [0.2, 0.25) is 0 Å². The van der Waals surface area contributed by atoms with Crippen molar-refractivity contribution in [3.63, 3.8) is 0 Å². The standard InChI is InChI=1S/C31H32N8O3/c1-2-22-8-13-28-24(20-22)21-27(31(40)32-28)29(30-33-34-35-38(30)15-14-23-6-4-3-5-7-23)37-18-16-36(17-19-37)25-9-11-26(12-10-25)39(41)42/h3-13,20-21,29H,2,14-19H2,1H3,(H,32,40). The van der Waals surface area contributed by atoms with Crippen LogP contribution in [-0.4, -0.2) is 61.2 Å². The molecule has 1 aliphatic heterocycles. The van der Waals surface area contributed by atoms with Gasteiger partial charge in [-0.05, 0) is 70.1 Å². The zero-order chi connectivity index (χ0) is 29.1. The third-order valence-corrected chi connectivity index (χ3v) is 8.00. The number of fused-ring (bicyclic) bond motifs is 1. The number of nitro groups is 1. The Morgan fingerprint density at radius 1 is 0.952 bits per heavy atom. The van der Waals surface area contributed by atoms with E-state index in [1.165, 1.54) is 23.3 Å². The van der Waals surface area contributed by atoms with Gasteiger partial charge in [-0.3, -0.25) is 19.8 Å². The van der Waals surface area contributed by atoms with Gasteiger partial charge in [-0.1, -0.05) is 43.3 Å². The number of rotatable bonds is 9. The summed E-state index contributed by atoms with van der Waals surface area (Å²) in [6, 6.07) is 24.5. The van der Waals surface area contributed by atoms with Crippen molar-refractivity contribution in [2.45, 2.75) is 32.4 Å². The minimum absolute atomic E-state index is 0.0709. The van der Waals surface area contributed by atoms with Crippen LogP contribution in [0.5, 0.6) is 0 Å². The van der Waals surface area contributed by atoms with Crippen molar-refractivity contribution in [3.8, 4) is 0 Å². The van der Waals surface area contributed by atoms with Crippen LogP contribution >= 0.6 is 0 Å². The molecular formula is C31H32N8O3. The normalized spacial score (nSPS) is 14.7. The van der Waals surface area contributed by atoms with Gasteiger partial charge in [0.05, 0.1) is 4.92 Å². The lowest BCUT2D eigenvalue weighted by atomic mass is 10.0. The highest BCUT2D eigenvalue weighted by Crippen LogP contribution is 2.30. The molecular weight excluding hydrogens is 532 g/mol. The lowest BCUT2D eigenvalue weighted by molar-refractivity contribution is -0.384. The van der Waals surface area contributed by atoms with E-state index in [2.05, 4.69) is 55.4 Å². The molecule has 0 bridgehead atoms. The second kappa shape index (κ2) is 11.9. The lowest BCUT2D eigenvalue weighted by Gasteiger charge is -2.39. The van der Waals surface area contributed by atoms with Gasteiger partial charge >= 0.3 is 0 Å². The fourth-order valence-electron chi connectivity index (χ4n) is 5.66. The minimum atomic E-state index is -0.451. The number of H-pyrrole nitrogens is 1. The van der Waals surface area contributed by atoms with Crippen molar-refractivity contribution in [2.24, 2.45) is 0 Å². The van der Waals surface area contributed by atoms with Gasteiger partial charge in [0.15, 0.2) is 5.82 Å². The molecule has 1 N–H and O–H groups in total. The zero-order valence-corrected chi connectivity index (χ0v) is 23.4. The Morgan fingerprint density at radius 2 is 1.71 bits per heavy atom. The number of non-ortho nitro benzene ring substituents is 1. The first-order valence-electron chi connectivity index (χ1n) is 14.2. The molecule has 214 valence electrons. The molecule has 0 saturated carbocycles. The van der Waals surface area contributed by atoms with Gasteiger partial charge in [0.1, 0.15) is 6.04 Å². The third-order valence-electron chi connectivity index (χ3n) is 8.00. The molecule has 6 rings (SSSR count). The SMILES string of the molecule is CCc1ccc2[nH]c(=O)c(C(c3nnnn3CCc3ccccc3)N3CCN(c4ccc([N+](=O)[O-])cc4)CC3)cc2c1. The predicted molar refractivity (Wildman–Crippen MR) is 161 cm³/mol. The van der Waals surface area contributed by atoms with Crippen molar-refractivity contribution in [2.75, 3.05) is 31.1 Å². The summed E-state index contributed by atoms with van der Waals surface area (Å²) in [4.78, 5) is 31.9. The molecule has 11 heteroatoms. The zero-order valence-electron chi connectivity index (χ0n) is 23.4. The molecule has 2 aromatic heterocycles. The lowest BCUT2D eigenvalue weighted by Crippen LogP contribution is -2.49. The molecule has 5 aromatic rings. The molecule has 42 heavy (non-hydrogen) atoms. The molecule has 0 spiro atoms. The van der Waals surface area contributed by atoms with Crippen LogP contribution in [0.3, 0.4) is 0 Å². The highest BCUT2D eigenvalue weighted by molar-refractivity contribution is 5.80. The van der Waals surface area contributed by atoms with Gasteiger partial charge in [-0.15, -0.1) is 5.10 Å². The van der Waals surface area contributed by atoms with E-state index in [-0.39, 0.29) is 11.2 Å². The Hall–Kier alpha value is -4.90. The molecule has 1 atom stereocenters. The average Bonchev–Trinajstić information content (AvgIpc) is 3.49. The number of aryl methyl sites for hydroxylation is 3. The number of hydrogen-bond donors (Lipinski definition) is 1. The molecule has 1 aliphatic rings. The van der Waals surface area contributed by atoms with Gasteiger partial charge < -0.3 is 9.88 Å². The first kappa shape index (κ1) is 27.3. The number of tetrazole rings is 1. The number of anilines is 1. The molecule has 3 heterocycles. The summed E-state index contributed by atoms with van der Waals surface area (Å²) in [5.74, 6) is 0.631. The fraction of sp³-hybridized carbons (Fsp3) is 0.290. The van der Waals surface area contributed by atoms with Crippen LogP contribution in [-0.2, 0) is 19.4 Å². The maximum absolute atomic E-state index is 13.6. The van der Waals surface area contributed by atoms with Gasteiger partial charge in [0.25, 0.3) is 11.2 Å². The molecule has 1 unspecified atom stereocenters. The Balaban J connectivity index is 1.33. The van der Waals surface area contributed by atoms with Gasteiger partial charge in [0.2, 0.25) is 0 Å². The van der Waals surface area contributed by atoms with Crippen molar-refractivity contribution in [1.29, 1.82) is 0 Å². The number of pyridine rings is 1. The van der Waals surface area contributed by atoms with E-state index in [1.807, 2.05) is 41.1 Å². The van der Waals surface area contributed by atoms with Crippen LogP contribution in [0.15, 0.2) is 83.7 Å². The number of aromatic amines is 1. The van der Waals surface area contributed by atoms with E-state index in [9.17, 15) is 14.9 Å². The Labute approximate surface area is 242 Å². The number of aromatic nitrogens is 5. The summed E-state index contributed by atoms with van der Waals surface area (Å²) in [6.07, 6.45) is 1.66. The summed E-state index contributed by atoms with van der Waals surface area (Å²) in [5, 5.41) is 24.9. The highest BCUT2D eigenvalue weighted by atomic mass is 16.6. The van der Waals surface area contributed by atoms with E-state index in [0.29, 0.717) is 44.1 Å². The monoisotopic (exact) mass is 564 g/mol. The molecule has 0 radical (unpaired) electrons. The van der Waals surface area contributed by atoms with Gasteiger partial charge in [-0.2, -0.15) is 0 Å². The van der Waals surface area contributed by atoms with Gasteiger partial charge in [-0.25, -0.2) is 4.68 Å². The summed E-state index contributed by atoms with van der Waals surface area (Å²) < 4.78 is 1.81. The maximum atomic E-state index is 13.6. The largest absolute Gasteiger partial charge is 0.369 e. The van der Waals surface area contributed by atoms with Crippen molar-refractivity contribution >= 4 is 22.3 Å². The Kier molecular flexibility index (Phi) is 7.74. The number of nitrogens with zero attached hydrogens (tertiary/aromatic N) is 7. The van der Waals surface area contributed by atoms with E-state index in [1.54, 1.807) is 12.1 Å². The molecule has 1 fully saturated rings. The summed E-state index contributed by atoms with van der Waals surface area (Å²) in [7, 11) is 0. The predicted octanol–water partition coefficient (Wildman–Crippen LogP) is 4.14. The van der Waals surface area contributed by atoms with Crippen molar-refractivity contribution < 1.29 is 4.92 Å². The van der Waals surface area contributed by atoms with E-state index >= 15 is 0 Å². The van der Waals surface area contributed by atoms with Crippen molar-refractivity contribution in [1.82, 2.24) is 30.1 Å². The number of piperazine rings is 1. The van der Waals surface area contributed by atoms with Crippen LogP contribution in [0, 0.1) is 10.1 Å². The number of nitrogens with one attached hydrogen (secondary N) is 1. The van der Waals surface area contributed by atoms with E-state index < -0.39 is 11.0 Å². The second-order valence-electron chi connectivity index (χ2n) is 10.5. The van der Waals surface area contributed by atoms with Crippen LogP contribution in [0.4, 0.5) is 11.4 Å². The van der Waals surface area contributed by atoms with Crippen molar-refractivity contribution in [3.05, 3.63) is 122 Å². The first-order chi connectivity index (χ1) is 20.5. The van der Waals surface area contributed by atoms with Crippen LogP contribution < -0.4 is 10.5 Å². The van der Waals surface area contributed by atoms with Gasteiger partial charge in [0, 0.05) is 61.6 Å². The Bertz CT molecular complexity index is 1740. The maximum Gasteiger partial charge on any atom is 0.269 e. The first-order valence-corrected chi connectivity index (χ1v) is 14.2. The number of nitro benzene ring substituents is 1. The van der Waals surface area contributed by atoms with E-state index in [0.717, 1.165) is 29.4 Å². The second-order valence-corrected chi connectivity index (χ2v) is 10.5. The Morgan fingerprint density at radius 3 is 2.43 bits per heavy atom. The molecule has 3 aromatic carbocycles. The number of benzene rings is 3. The quantitative estimate of drug-likeness (QED) is 0.209. The minimum Gasteiger partial charge on any atom is -0.369 e.